The van der Waals surface area contributed by atoms with E-state index in [9.17, 15) is 40.5 Å². The van der Waals surface area contributed by atoms with Crippen LogP contribution in [0.1, 0.15) is 251 Å². The van der Waals surface area contributed by atoms with E-state index >= 15 is 0 Å². The van der Waals surface area contributed by atoms with Gasteiger partial charge in [-0.1, -0.05) is 217 Å². The molecule has 1 amide bonds. The van der Waals surface area contributed by atoms with Gasteiger partial charge in [0.25, 0.3) is 0 Å². The highest BCUT2D eigenvalue weighted by atomic mass is 16.7. The monoisotopic (exact) mass is 966 g/mol. The van der Waals surface area contributed by atoms with Crippen LogP contribution in [-0.2, 0) is 14.3 Å². The van der Waals surface area contributed by atoms with Gasteiger partial charge in [0.05, 0.1) is 25.4 Å². The lowest BCUT2D eigenvalue weighted by molar-refractivity contribution is -0.303. The van der Waals surface area contributed by atoms with Gasteiger partial charge in [-0.25, -0.2) is 0 Å². The minimum atomic E-state index is -1.67. The van der Waals surface area contributed by atoms with Crippen molar-refractivity contribution >= 4 is 5.91 Å². The summed E-state index contributed by atoms with van der Waals surface area (Å²) < 4.78 is 11.1. The van der Waals surface area contributed by atoms with Crippen molar-refractivity contribution in [3.8, 4) is 0 Å². The van der Waals surface area contributed by atoms with Crippen molar-refractivity contribution in [2.75, 3.05) is 13.2 Å². The van der Waals surface area contributed by atoms with Crippen LogP contribution in [0.4, 0.5) is 0 Å². The molecule has 1 rings (SSSR count). The van der Waals surface area contributed by atoms with E-state index in [-0.39, 0.29) is 12.8 Å². The summed E-state index contributed by atoms with van der Waals surface area (Å²) in [4.78, 5) is 13.1. The maximum absolute atomic E-state index is 13.1. The zero-order valence-corrected chi connectivity index (χ0v) is 43.6. The maximum Gasteiger partial charge on any atom is 0.249 e. The number of aliphatic hydroxyl groups excluding tert-OH is 7. The summed E-state index contributed by atoms with van der Waals surface area (Å²) in [6, 6.07) is -1.19. The third-order valence-corrected chi connectivity index (χ3v) is 13.6. The second kappa shape index (κ2) is 46.4. The molecule has 1 heterocycles. The molecule has 0 saturated carbocycles. The van der Waals surface area contributed by atoms with Crippen molar-refractivity contribution in [3.05, 3.63) is 36.5 Å². The van der Waals surface area contributed by atoms with Crippen LogP contribution in [0.2, 0.25) is 0 Å². The predicted molar refractivity (Wildman–Crippen MR) is 279 cm³/mol. The molecule has 0 radical (unpaired) electrons. The van der Waals surface area contributed by atoms with Crippen molar-refractivity contribution in [1.29, 1.82) is 0 Å². The van der Waals surface area contributed by atoms with Gasteiger partial charge in [-0.15, -0.1) is 0 Å². The summed E-state index contributed by atoms with van der Waals surface area (Å²) in [6.45, 7) is 3.38. The predicted octanol–water partition coefficient (Wildman–Crippen LogP) is 11.5. The lowest BCUT2D eigenvalue weighted by Gasteiger charge is -2.40. The summed E-state index contributed by atoms with van der Waals surface area (Å²) in [5.74, 6) is -0.710. The van der Waals surface area contributed by atoms with E-state index in [2.05, 4.69) is 55.6 Å². The van der Waals surface area contributed by atoms with E-state index in [1.807, 2.05) is 0 Å². The summed E-state index contributed by atoms with van der Waals surface area (Å²) in [7, 11) is 0. The van der Waals surface area contributed by atoms with E-state index in [4.69, 9.17) is 9.47 Å². The van der Waals surface area contributed by atoms with Crippen LogP contribution in [0.25, 0.3) is 0 Å². The van der Waals surface area contributed by atoms with Crippen molar-refractivity contribution in [2.24, 2.45) is 0 Å². The fourth-order valence-corrected chi connectivity index (χ4v) is 8.97. The number of unbranched alkanes of at least 4 members (excludes halogenated alkanes) is 30. The second-order valence-electron chi connectivity index (χ2n) is 20.0. The first kappa shape index (κ1) is 64.3. The summed E-state index contributed by atoms with van der Waals surface area (Å²) in [5.41, 5.74) is 0. The minimum Gasteiger partial charge on any atom is -0.394 e. The van der Waals surface area contributed by atoms with E-state index in [1.54, 1.807) is 0 Å². The highest BCUT2D eigenvalue weighted by Crippen LogP contribution is 2.23. The second-order valence-corrected chi connectivity index (χ2v) is 20.0. The number of nitrogens with one attached hydrogen (secondary N) is 1. The molecule has 1 aliphatic rings. The van der Waals surface area contributed by atoms with Gasteiger partial charge in [0, 0.05) is 0 Å². The van der Waals surface area contributed by atoms with Crippen LogP contribution in [0, 0.1) is 0 Å². The first-order valence-electron chi connectivity index (χ1n) is 28.4. The molecule has 0 spiro atoms. The van der Waals surface area contributed by atoms with Gasteiger partial charge < -0.3 is 50.5 Å². The zero-order valence-electron chi connectivity index (χ0n) is 43.6. The Balaban J connectivity index is 2.21. The average Bonchev–Trinajstić information content (AvgIpc) is 3.34. The van der Waals surface area contributed by atoms with Crippen LogP contribution in [0.3, 0.4) is 0 Å². The number of hydrogen-bond donors (Lipinski definition) is 8. The molecule has 9 unspecified atom stereocenters. The molecule has 68 heavy (non-hydrogen) atoms. The topological polar surface area (TPSA) is 189 Å². The molecule has 1 fully saturated rings. The molecule has 0 aliphatic carbocycles. The summed E-state index contributed by atoms with van der Waals surface area (Å²) in [6.07, 6.45) is 45.2. The molecule has 9 atom stereocenters. The van der Waals surface area contributed by atoms with Gasteiger partial charge in [-0.3, -0.25) is 4.79 Å². The number of aliphatic hydroxyl groups is 7. The Morgan fingerprint density at radius 1 is 0.500 bits per heavy atom. The van der Waals surface area contributed by atoms with Crippen molar-refractivity contribution in [2.45, 2.75) is 306 Å². The number of carbonyl (C=O) groups excluding carboxylic acids is 1. The molecular weight excluding hydrogens is 859 g/mol. The molecule has 0 aromatic carbocycles. The van der Waals surface area contributed by atoms with E-state index in [0.717, 1.165) is 38.5 Å². The van der Waals surface area contributed by atoms with Crippen molar-refractivity contribution < 1.29 is 50.0 Å². The molecule has 0 bridgehead atoms. The number of allylic oxidation sites excluding steroid dienone is 6. The number of carbonyl (C=O) groups is 1. The Morgan fingerprint density at radius 3 is 1.35 bits per heavy atom. The van der Waals surface area contributed by atoms with Crippen LogP contribution in [-0.4, -0.2) is 110 Å². The van der Waals surface area contributed by atoms with E-state index < -0.39 is 74.2 Å². The van der Waals surface area contributed by atoms with Gasteiger partial charge in [-0.05, 0) is 70.6 Å². The Morgan fingerprint density at radius 2 is 0.897 bits per heavy atom. The lowest BCUT2D eigenvalue weighted by atomic mass is 9.98. The van der Waals surface area contributed by atoms with E-state index in [1.165, 1.54) is 167 Å². The fraction of sp³-hybridized carbons (Fsp3) is 0.877. The highest BCUT2D eigenvalue weighted by Gasteiger charge is 2.44. The SMILES string of the molecule is CCCC/C=C/CC/C=C/CCCC(O)C(O)C(COC1OC(CO)C(O)C(O)C1O)NC(=O)C(O)CCCCCCCCCCCCCCCC/C=C\CCCCCCCCCCCCCC. The van der Waals surface area contributed by atoms with Gasteiger partial charge in [0.2, 0.25) is 5.91 Å². The molecule has 8 N–H and O–H groups in total. The normalized spacial score (nSPS) is 20.8. The number of rotatable bonds is 48. The Labute approximate surface area is 416 Å². The standard InChI is InChI=1S/C57H107NO10/c1-3-5-7-9-11-13-15-16-17-18-19-20-21-22-23-24-25-26-27-28-29-30-31-32-33-35-37-39-41-43-45-50(61)56(66)58-48(47-67-57-55(65)54(64)53(63)51(46-59)68-57)52(62)49(60)44-42-40-38-36-34-14-12-10-8-6-4-2/h10,12,22-23,36,38,48-55,57,59-65H,3-9,11,13-21,24-35,37,39-47H2,1-2H3,(H,58,66)/b12-10+,23-22-,38-36+. The molecule has 400 valence electrons. The van der Waals surface area contributed by atoms with Crippen LogP contribution in [0.15, 0.2) is 36.5 Å². The fourth-order valence-electron chi connectivity index (χ4n) is 8.97. The third kappa shape index (κ3) is 34.6. The molecule has 0 aromatic rings. The van der Waals surface area contributed by atoms with Crippen LogP contribution < -0.4 is 5.32 Å². The number of ether oxygens (including phenoxy) is 2. The first-order chi connectivity index (χ1) is 33.2. The molecule has 11 heteroatoms. The smallest absolute Gasteiger partial charge is 0.249 e. The van der Waals surface area contributed by atoms with Crippen molar-refractivity contribution in [3.63, 3.8) is 0 Å². The largest absolute Gasteiger partial charge is 0.394 e. The molecule has 0 aromatic heterocycles. The maximum atomic E-state index is 13.1. The first-order valence-corrected chi connectivity index (χ1v) is 28.4. The van der Waals surface area contributed by atoms with E-state index in [0.29, 0.717) is 19.3 Å². The summed E-state index contributed by atoms with van der Waals surface area (Å²) in [5, 5.41) is 75.8. The van der Waals surface area contributed by atoms with Crippen LogP contribution in [0.5, 0.6) is 0 Å². The molecule has 1 aliphatic heterocycles. The van der Waals surface area contributed by atoms with Gasteiger partial charge in [-0.2, -0.15) is 0 Å². The van der Waals surface area contributed by atoms with Gasteiger partial charge >= 0.3 is 0 Å². The zero-order chi connectivity index (χ0) is 49.7. The average molecular weight is 966 g/mol. The van der Waals surface area contributed by atoms with Gasteiger partial charge in [0.1, 0.15) is 36.6 Å². The molecular formula is C57H107NO10. The highest BCUT2D eigenvalue weighted by molar-refractivity contribution is 5.80. The third-order valence-electron chi connectivity index (χ3n) is 13.6. The number of amides is 1. The quantitative estimate of drug-likeness (QED) is 0.0215. The molecule has 1 saturated heterocycles. The number of hydrogen-bond acceptors (Lipinski definition) is 10. The van der Waals surface area contributed by atoms with Crippen LogP contribution >= 0.6 is 0 Å². The molecule has 11 nitrogen and oxygen atoms in total. The Kier molecular flexibility index (Phi) is 43.9. The Hall–Kier alpha value is -1.67. The lowest BCUT2D eigenvalue weighted by Crippen LogP contribution is -2.60. The minimum absolute atomic E-state index is 0.245. The Bertz CT molecular complexity index is 1200. The van der Waals surface area contributed by atoms with Crippen molar-refractivity contribution in [1.82, 2.24) is 5.32 Å². The summed E-state index contributed by atoms with van der Waals surface area (Å²) >= 11 is 0. The van der Waals surface area contributed by atoms with Gasteiger partial charge in [0.15, 0.2) is 6.29 Å².